The highest BCUT2D eigenvalue weighted by Crippen LogP contribution is 2.32. The largest absolute Gasteiger partial charge is 0.323 e. The standard InChI is InChI=1S/C15H14Cl2N2O3S2/c16-10-4-1-5-11(14(10)17)18-15(20)12-6-2-8-19(12)24(21,22)13-7-3-9-23-13/h1,3-5,7,9,12H,2,6,8H2,(H,18,20)/t12-/m1/s1. The number of sulfonamides is 1. The van der Waals surface area contributed by atoms with Gasteiger partial charge < -0.3 is 5.32 Å². The number of carbonyl (C=O) groups is 1. The van der Waals surface area contributed by atoms with E-state index in [9.17, 15) is 13.2 Å². The third-order valence-corrected chi connectivity index (χ3v) is 7.87. The van der Waals surface area contributed by atoms with E-state index in [4.69, 9.17) is 23.2 Å². The first-order valence-electron chi connectivity index (χ1n) is 7.21. The molecule has 3 rings (SSSR count). The van der Waals surface area contributed by atoms with E-state index < -0.39 is 22.0 Å². The van der Waals surface area contributed by atoms with Crippen molar-refractivity contribution in [3.8, 4) is 0 Å². The zero-order valence-electron chi connectivity index (χ0n) is 12.4. The van der Waals surface area contributed by atoms with Crippen molar-refractivity contribution in [2.45, 2.75) is 23.1 Å². The molecule has 0 unspecified atom stereocenters. The fourth-order valence-corrected chi connectivity index (χ4v) is 5.76. The van der Waals surface area contributed by atoms with Crippen molar-refractivity contribution >= 4 is 56.2 Å². The Hall–Kier alpha value is -1.12. The van der Waals surface area contributed by atoms with Gasteiger partial charge in [0, 0.05) is 6.54 Å². The van der Waals surface area contributed by atoms with Gasteiger partial charge in [0.2, 0.25) is 5.91 Å². The van der Waals surface area contributed by atoms with E-state index in [1.54, 1.807) is 35.7 Å². The Morgan fingerprint density at radius 1 is 1.25 bits per heavy atom. The second-order valence-electron chi connectivity index (χ2n) is 5.30. The summed E-state index contributed by atoms with van der Waals surface area (Å²) in [6, 6.07) is 7.36. The van der Waals surface area contributed by atoms with Gasteiger partial charge in [0.25, 0.3) is 10.0 Å². The van der Waals surface area contributed by atoms with Gasteiger partial charge in [-0.3, -0.25) is 4.79 Å². The van der Waals surface area contributed by atoms with Gasteiger partial charge in [-0.15, -0.1) is 11.3 Å². The fraction of sp³-hybridized carbons (Fsp3) is 0.267. The number of halogens is 2. The van der Waals surface area contributed by atoms with Crippen LogP contribution in [0.5, 0.6) is 0 Å². The molecule has 1 aromatic carbocycles. The summed E-state index contributed by atoms with van der Waals surface area (Å²) in [5, 5.41) is 4.94. The summed E-state index contributed by atoms with van der Waals surface area (Å²) >= 11 is 13.2. The highest BCUT2D eigenvalue weighted by atomic mass is 35.5. The Labute approximate surface area is 154 Å². The molecule has 1 N–H and O–H groups in total. The first-order valence-corrected chi connectivity index (χ1v) is 10.3. The van der Waals surface area contributed by atoms with Crippen LogP contribution in [0.2, 0.25) is 10.0 Å². The van der Waals surface area contributed by atoms with Crippen molar-refractivity contribution in [3.05, 3.63) is 45.8 Å². The summed E-state index contributed by atoms with van der Waals surface area (Å²) in [4.78, 5) is 12.6. The number of nitrogens with zero attached hydrogens (tertiary/aromatic N) is 1. The highest BCUT2D eigenvalue weighted by molar-refractivity contribution is 7.91. The van der Waals surface area contributed by atoms with Crippen LogP contribution in [-0.2, 0) is 14.8 Å². The van der Waals surface area contributed by atoms with Gasteiger partial charge in [-0.1, -0.05) is 35.3 Å². The molecule has 0 radical (unpaired) electrons. The molecule has 0 aliphatic carbocycles. The molecule has 128 valence electrons. The molecule has 0 saturated carbocycles. The number of benzene rings is 1. The van der Waals surface area contributed by atoms with Crippen molar-refractivity contribution in [1.82, 2.24) is 4.31 Å². The van der Waals surface area contributed by atoms with Gasteiger partial charge in [-0.2, -0.15) is 4.31 Å². The predicted octanol–water partition coefficient (Wildman–Crippen LogP) is 3.85. The lowest BCUT2D eigenvalue weighted by Gasteiger charge is -2.23. The summed E-state index contributed by atoms with van der Waals surface area (Å²) in [5.74, 6) is -0.406. The minimum atomic E-state index is -3.67. The molecular weight excluding hydrogens is 391 g/mol. The molecule has 9 heteroatoms. The van der Waals surface area contributed by atoms with Gasteiger partial charge in [0.05, 0.1) is 15.7 Å². The lowest BCUT2D eigenvalue weighted by atomic mass is 10.2. The van der Waals surface area contributed by atoms with E-state index >= 15 is 0 Å². The third kappa shape index (κ3) is 3.32. The monoisotopic (exact) mass is 404 g/mol. The minimum absolute atomic E-state index is 0.234. The normalized spacial score (nSPS) is 18.7. The molecule has 2 heterocycles. The van der Waals surface area contributed by atoms with Crippen molar-refractivity contribution < 1.29 is 13.2 Å². The number of nitrogens with one attached hydrogen (secondary N) is 1. The van der Waals surface area contributed by atoms with Crippen LogP contribution in [0.3, 0.4) is 0 Å². The Kier molecular flexibility index (Phi) is 5.17. The molecular formula is C15H14Cl2N2O3S2. The molecule has 24 heavy (non-hydrogen) atoms. The number of thiophene rings is 1. The molecule has 1 amide bonds. The molecule has 5 nitrogen and oxygen atoms in total. The number of rotatable bonds is 4. The van der Waals surface area contributed by atoms with Gasteiger partial charge in [-0.25, -0.2) is 8.42 Å². The molecule has 1 aliphatic heterocycles. The van der Waals surface area contributed by atoms with Crippen LogP contribution in [0.15, 0.2) is 39.9 Å². The summed E-state index contributed by atoms with van der Waals surface area (Å²) in [6.07, 6.45) is 1.10. The lowest BCUT2D eigenvalue weighted by Crippen LogP contribution is -2.42. The van der Waals surface area contributed by atoms with E-state index in [1.165, 1.54) is 4.31 Å². The van der Waals surface area contributed by atoms with Crippen LogP contribution in [-0.4, -0.2) is 31.2 Å². The fourth-order valence-electron chi connectivity index (χ4n) is 2.63. The Balaban J connectivity index is 1.83. The van der Waals surface area contributed by atoms with Crippen LogP contribution >= 0.6 is 34.5 Å². The summed E-state index contributed by atoms with van der Waals surface area (Å²) in [7, 11) is -3.67. The van der Waals surface area contributed by atoms with Crippen molar-refractivity contribution in [1.29, 1.82) is 0 Å². The maximum Gasteiger partial charge on any atom is 0.253 e. The number of anilines is 1. The first-order chi connectivity index (χ1) is 11.4. The number of hydrogen-bond acceptors (Lipinski definition) is 4. The van der Waals surface area contributed by atoms with Crippen molar-refractivity contribution in [2.24, 2.45) is 0 Å². The molecule has 0 spiro atoms. The Morgan fingerprint density at radius 3 is 2.75 bits per heavy atom. The molecule has 1 fully saturated rings. The van der Waals surface area contributed by atoms with Crippen LogP contribution in [0.25, 0.3) is 0 Å². The topological polar surface area (TPSA) is 66.5 Å². The van der Waals surface area contributed by atoms with Gasteiger partial charge in [0.1, 0.15) is 10.3 Å². The Morgan fingerprint density at radius 2 is 2.04 bits per heavy atom. The minimum Gasteiger partial charge on any atom is -0.323 e. The van der Waals surface area contributed by atoms with Gasteiger partial charge in [0.15, 0.2) is 0 Å². The quantitative estimate of drug-likeness (QED) is 0.841. The summed E-state index contributed by atoms with van der Waals surface area (Å²) in [6.45, 7) is 0.321. The molecule has 0 bridgehead atoms. The van der Waals surface area contributed by atoms with E-state index in [1.807, 2.05) is 0 Å². The smallest absolute Gasteiger partial charge is 0.253 e. The van der Waals surface area contributed by atoms with Crippen LogP contribution in [0, 0.1) is 0 Å². The molecule has 1 saturated heterocycles. The number of carbonyl (C=O) groups excluding carboxylic acids is 1. The number of amides is 1. The average Bonchev–Trinajstić information content (AvgIpc) is 3.22. The lowest BCUT2D eigenvalue weighted by molar-refractivity contribution is -0.119. The highest BCUT2D eigenvalue weighted by Gasteiger charge is 2.40. The number of hydrogen-bond donors (Lipinski definition) is 1. The van der Waals surface area contributed by atoms with Gasteiger partial charge in [-0.05, 0) is 36.4 Å². The van der Waals surface area contributed by atoms with E-state index in [2.05, 4.69) is 5.32 Å². The van der Waals surface area contributed by atoms with Gasteiger partial charge >= 0.3 is 0 Å². The van der Waals surface area contributed by atoms with Crippen molar-refractivity contribution in [2.75, 3.05) is 11.9 Å². The van der Waals surface area contributed by atoms with Crippen molar-refractivity contribution in [3.63, 3.8) is 0 Å². The Bertz CT molecular complexity index is 854. The molecule has 2 aromatic rings. The van der Waals surface area contributed by atoms with Crippen LogP contribution in [0.1, 0.15) is 12.8 Å². The van der Waals surface area contributed by atoms with Crippen LogP contribution < -0.4 is 5.32 Å². The first kappa shape index (κ1) is 17.7. The zero-order valence-corrected chi connectivity index (χ0v) is 15.6. The SMILES string of the molecule is O=C(Nc1cccc(Cl)c1Cl)[C@H]1CCCN1S(=O)(=O)c1cccs1. The summed E-state index contributed by atoms with van der Waals surface area (Å²) in [5.41, 5.74) is 0.370. The van der Waals surface area contributed by atoms with E-state index in [0.29, 0.717) is 30.1 Å². The van der Waals surface area contributed by atoms with Crippen LogP contribution in [0.4, 0.5) is 5.69 Å². The second kappa shape index (κ2) is 7.01. The average molecular weight is 405 g/mol. The zero-order chi connectivity index (χ0) is 17.3. The third-order valence-electron chi connectivity index (χ3n) is 3.77. The van der Waals surface area contributed by atoms with E-state index in [-0.39, 0.29) is 9.23 Å². The molecule has 1 aromatic heterocycles. The van der Waals surface area contributed by atoms with E-state index in [0.717, 1.165) is 11.3 Å². The maximum absolute atomic E-state index is 12.7. The maximum atomic E-state index is 12.7. The predicted molar refractivity (Wildman–Crippen MR) is 96.3 cm³/mol. The molecule has 1 atom stereocenters. The second-order valence-corrected chi connectivity index (χ2v) is 9.15. The summed E-state index contributed by atoms with van der Waals surface area (Å²) < 4.78 is 26.9. The molecule has 1 aliphatic rings.